The quantitative estimate of drug-likeness (QED) is 0.748. The van der Waals surface area contributed by atoms with Crippen molar-refractivity contribution in [2.45, 2.75) is 44.6 Å². The molecule has 2 fully saturated rings. The number of hydrogen-bond acceptors (Lipinski definition) is 7. The van der Waals surface area contributed by atoms with Gasteiger partial charge >= 0.3 is 0 Å². The van der Waals surface area contributed by atoms with Gasteiger partial charge in [-0.05, 0) is 44.7 Å². The summed E-state index contributed by atoms with van der Waals surface area (Å²) in [6.45, 7) is 4.35. The number of anilines is 1. The number of carbonyl (C=O) groups excluding carboxylic acids is 2. The van der Waals surface area contributed by atoms with Crippen LogP contribution in [-0.2, 0) is 4.74 Å². The van der Waals surface area contributed by atoms with Gasteiger partial charge in [-0.2, -0.15) is 0 Å². The smallest absolute Gasteiger partial charge is 0.257 e. The molecule has 2 saturated heterocycles. The molecular formula is C22H28N6O3. The van der Waals surface area contributed by atoms with Crippen molar-refractivity contribution in [2.75, 3.05) is 32.0 Å². The molecule has 0 bridgehead atoms. The SMILES string of the molecule is Cc1nc(N)ncc1C(=O)N1CCC(c2ccc(C(=O)NC[C@H]3CCCO3)cn2)CC1. The van der Waals surface area contributed by atoms with E-state index in [1.165, 1.54) is 6.20 Å². The van der Waals surface area contributed by atoms with Crippen molar-refractivity contribution >= 4 is 17.8 Å². The molecule has 0 spiro atoms. The highest BCUT2D eigenvalue weighted by atomic mass is 16.5. The summed E-state index contributed by atoms with van der Waals surface area (Å²) in [5.74, 6) is 0.234. The van der Waals surface area contributed by atoms with Crippen LogP contribution in [-0.4, -0.2) is 64.0 Å². The number of pyridine rings is 1. The van der Waals surface area contributed by atoms with E-state index in [4.69, 9.17) is 10.5 Å². The van der Waals surface area contributed by atoms with Gasteiger partial charge in [0.2, 0.25) is 5.95 Å². The minimum absolute atomic E-state index is 0.0674. The third-order valence-electron chi connectivity index (χ3n) is 5.99. The van der Waals surface area contributed by atoms with Gasteiger partial charge in [-0.1, -0.05) is 0 Å². The number of amides is 2. The van der Waals surface area contributed by atoms with Crippen molar-refractivity contribution in [3.8, 4) is 0 Å². The van der Waals surface area contributed by atoms with Crippen molar-refractivity contribution in [3.63, 3.8) is 0 Å². The van der Waals surface area contributed by atoms with Crippen LogP contribution in [0.3, 0.4) is 0 Å². The summed E-state index contributed by atoms with van der Waals surface area (Å²) >= 11 is 0. The van der Waals surface area contributed by atoms with Crippen LogP contribution in [0.4, 0.5) is 5.95 Å². The number of nitrogens with one attached hydrogen (secondary N) is 1. The predicted molar refractivity (Wildman–Crippen MR) is 115 cm³/mol. The fourth-order valence-corrected chi connectivity index (χ4v) is 4.14. The van der Waals surface area contributed by atoms with E-state index < -0.39 is 0 Å². The molecule has 0 aliphatic carbocycles. The molecule has 2 aromatic heterocycles. The van der Waals surface area contributed by atoms with Crippen LogP contribution in [0, 0.1) is 6.92 Å². The molecule has 9 heteroatoms. The number of ether oxygens (including phenoxy) is 1. The molecule has 0 unspecified atom stereocenters. The van der Waals surface area contributed by atoms with E-state index in [1.54, 1.807) is 13.1 Å². The number of hydrogen-bond donors (Lipinski definition) is 2. The van der Waals surface area contributed by atoms with Crippen LogP contribution in [0.2, 0.25) is 0 Å². The molecule has 3 N–H and O–H groups in total. The molecule has 4 heterocycles. The monoisotopic (exact) mass is 424 g/mol. The number of carbonyl (C=O) groups is 2. The summed E-state index contributed by atoms with van der Waals surface area (Å²) in [4.78, 5) is 39.5. The van der Waals surface area contributed by atoms with Gasteiger partial charge in [0, 0.05) is 50.2 Å². The second-order valence-corrected chi connectivity index (χ2v) is 8.11. The van der Waals surface area contributed by atoms with Crippen LogP contribution in [0.15, 0.2) is 24.5 Å². The number of likely N-dealkylation sites (tertiary alicyclic amines) is 1. The first kappa shape index (κ1) is 21.2. The second-order valence-electron chi connectivity index (χ2n) is 8.11. The van der Waals surface area contributed by atoms with E-state index in [-0.39, 0.29) is 29.8 Å². The second kappa shape index (κ2) is 9.38. The Balaban J connectivity index is 1.30. The Bertz CT molecular complexity index is 935. The molecule has 4 rings (SSSR count). The Hall–Kier alpha value is -3.07. The molecule has 2 amide bonds. The number of aromatic nitrogens is 3. The van der Waals surface area contributed by atoms with Gasteiger partial charge < -0.3 is 20.7 Å². The average Bonchev–Trinajstić information content (AvgIpc) is 3.31. The van der Waals surface area contributed by atoms with Crippen LogP contribution < -0.4 is 11.1 Å². The number of rotatable bonds is 5. The summed E-state index contributed by atoms with van der Waals surface area (Å²) in [5.41, 5.74) is 8.16. The van der Waals surface area contributed by atoms with Gasteiger partial charge in [-0.25, -0.2) is 9.97 Å². The molecule has 164 valence electrons. The first-order valence-corrected chi connectivity index (χ1v) is 10.8. The maximum Gasteiger partial charge on any atom is 0.257 e. The van der Waals surface area contributed by atoms with Crippen molar-refractivity contribution in [1.29, 1.82) is 0 Å². The number of nitrogens with zero attached hydrogens (tertiary/aromatic N) is 4. The van der Waals surface area contributed by atoms with Crippen LogP contribution in [0.5, 0.6) is 0 Å². The largest absolute Gasteiger partial charge is 0.376 e. The molecule has 2 aliphatic rings. The lowest BCUT2D eigenvalue weighted by Crippen LogP contribution is -2.38. The summed E-state index contributed by atoms with van der Waals surface area (Å²) in [6, 6.07) is 3.74. The molecule has 0 saturated carbocycles. The number of piperidine rings is 1. The Labute approximate surface area is 181 Å². The summed E-state index contributed by atoms with van der Waals surface area (Å²) in [7, 11) is 0. The van der Waals surface area contributed by atoms with E-state index in [9.17, 15) is 9.59 Å². The van der Waals surface area contributed by atoms with Crippen LogP contribution >= 0.6 is 0 Å². The van der Waals surface area contributed by atoms with Crippen molar-refractivity contribution < 1.29 is 14.3 Å². The molecule has 2 aromatic rings. The number of nitrogens with two attached hydrogens (primary N) is 1. The van der Waals surface area contributed by atoms with Crippen molar-refractivity contribution in [3.05, 3.63) is 47.0 Å². The minimum Gasteiger partial charge on any atom is -0.376 e. The zero-order valence-corrected chi connectivity index (χ0v) is 17.7. The standard InChI is InChI=1S/C22H28N6O3/c1-14-18(13-26-22(23)27-14)21(30)28-8-6-15(7-9-28)19-5-4-16(11-24-19)20(29)25-12-17-3-2-10-31-17/h4-5,11,13,15,17H,2-3,6-10,12H2,1H3,(H,25,29)(H2,23,26,27)/t17-/m1/s1. The Morgan fingerprint density at radius 2 is 2.00 bits per heavy atom. The minimum atomic E-state index is -0.129. The van der Waals surface area contributed by atoms with E-state index in [0.717, 1.165) is 38.0 Å². The van der Waals surface area contributed by atoms with Crippen molar-refractivity contribution in [1.82, 2.24) is 25.2 Å². The van der Waals surface area contributed by atoms with Gasteiger partial charge in [0.05, 0.1) is 22.9 Å². The number of nitrogen functional groups attached to an aromatic ring is 1. The lowest BCUT2D eigenvalue weighted by Gasteiger charge is -2.32. The molecule has 9 nitrogen and oxygen atoms in total. The summed E-state index contributed by atoms with van der Waals surface area (Å²) in [6.07, 6.45) is 6.92. The van der Waals surface area contributed by atoms with Gasteiger partial charge in [-0.3, -0.25) is 14.6 Å². The lowest BCUT2D eigenvalue weighted by atomic mass is 9.92. The third kappa shape index (κ3) is 4.99. The highest BCUT2D eigenvalue weighted by molar-refractivity contribution is 5.95. The average molecular weight is 425 g/mol. The molecule has 1 atom stereocenters. The maximum absolute atomic E-state index is 12.8. The number of aryl methyl sites for hydroxylation is 1. The predicted octanol–water partition coefficient (Wildman–Crippen LogP) is 1.69. The fourth-order valence-electron chi connectivity index (χ4n) is 4.14. The van der Waals surface area contributed by atoms with E-state index >= 15 is 0 Å². The Kier molecular flexibility index (Phi) is 6.41. The normalized spacial score (nSPS) is 19.4. The molecule has 0 radical (unpaired) electrons. The van der Waals surface area contributed by atoms with Crippen LogP contribution in [0.1, 0.15) is 63.7 Å². The van der Waals surface area contributed by atoms with Gasteiger partial charge in [-0.15, -0.1) is 0 Å². The Morgan fingerprint density at radius 3 is 2.65 bits per heavy atom. The molecular weight excluding hydrogens is 396 g/mol. The Morgan fingerprint density at radius 1 is 1.19 bits per heavy atom. The van der Waals surface area contributed by atoms with Gasteiger partial charge in [0.15, 0.2) is 0 Å². The lowest BCUT2D eigenvalue weighted by molar-refractivity contribution is 0.0710. The van der Waals surface area contributed by atoms with Gasteiger partial charge in [0.25, 0.3) is 11.8 Å². The topological polar surface area (TPSA) is 123 Å². The van der Waals surface area contributed by atoms with Gasteiger partial charge in [0.1, 0.15) is 0 Å². The molecule has 31 heavy (non-hydrogen) atoms. The van der Waals surface area contributed by atoms with E-state index in [0.29, 0.717) is 36.5 Å². The molecule has 0 aromatic carbocycles. The van der Waals surface area contributed by atoms with E-state index in [1.807, 2.05) is 17.0 Å². The first-order chi connectivity index (χ1) is 15.0. The van der Waals surface area contributed by atoms with Crippen molar-refractivity contribution in [2.24, 2.45) is 0 Å². The fraction of sp³-hybridized carbons (Fsp3) is 0.500. The summed E-state index contributed by atoms with van der Waals surface area (Å²) in [5, 5.41) is 2.92. The first-order valence-electron chi connectivity index (χ1n) is 10.8. The highest BCUT2D eigenvalue weighted by Gasteiger charge is 2.27. The maximum atomic E-state index is 12.8. The zero-order chi connectivity index (χ0) is 21.8. The summed E-state index contributed by atoms with van der Waals surface area (Å²) < 4.78 is 5.53. The molecule has 2 aliphatic heterocycles. The third-order valence-corrected chi connectivity index (χ3v) is 5.99. The van der Waals surface area contributed by atoms with Crippen LogP contribution in [0.25, 0.3) is 0 Å². The highest BCUT2D eigenvalue weighted by Crippen LogP contribution is 2.27. The zero-order valence-electron chi connectivity index (χ0n) is 17.7. The van der Waals surface area contributed by atoms with E-state index in [2.05, 4.69) is 20.3 Å².